The summed E-state index contributed by atoms with van der Waals surface area (Å²) in [4.78, 5) is 11.5. The fourth-order valence-electron chi connectivity index (χ4n) is 1.30. The smallest absolute Gasteiger partial charge is 0.185 e. The summed E-state index contributed by atoms with van der Waals surface area (Å²) in [5, 5.41) is 0. The van der Waals surface area contributed by atoms with E-state index < -0.39 is 21.4 Å². The molecule has 0 aliphatic heterocycles. The SMILES string of the molecule is CCOCC(=O)CS(=O)(=O)c1ccc(C)cc1. The Morgan fingerprint density at radius 2 is 1.82 bits per heavy atom. The fourth-order valence-corrected chi connectivity index (χ4v) is 2.52. The summed E-state index contributed by atoms with van der Waals surface area (Å²) in [6, 6.07) is 6.44. The Kier molecular flexibility index (Phi) is 4.84. The first-order valence-electron chi connectivity index (χ1n) is 5.34. The minimum Gasteiger partial charge on any atom is -0.374 e. The van der Waals surface area contributed by atoms with Crippen molar-refractivity contribution in [2.24, 2.45) is 0 Å². The zero-order chi connectivity index (χ0) is 12.9. The third-order valence-corrected chi connectivity index (χ3v) is 3.89. The Labute approximate surface area is 102 Å². The van der Waals surface area contributed by atoms with Crippen LogP contribution in [0.25, 0.3) is 0 Å². The van der Waals surface area contributed by atoms with Crippen molar-refractivity contribution in [2.45, 2.75) is 18.7 Å². The summed E-state index contributed by atoms with van der Waals surface area (Å²) >= 11 is 0. The van der Waals surface area contributed by atoms with E-state index >= 15 is 0 Å². The number of benzene rings is 1. The Hall–Kier alpha value is -1.20. The maximum atomic E-state index is 11.8. The molecule has 0 fully saturated rings. The van der Waals surface area contributed by atoms with Crippen LogP contribution in [0.3, 0.4) is 0 Å². The van der Waals surface area contributed by atoms with Crippen molar-refractivity contribution in [1.82, 2.24) is 0 Å². The number of hydrogen-bond acceptors (Lipinski definition) is 4. The summed E-state index contributed by atoms with van der Waals surface area (Å²) in [5.41, 5.74) is 0.976. The predicted molar refractivity (Wildman–Crippen MR) is 64.7 cm³/mol. The molecule has 1 aromatic carbocycles. The Balaban J connectivity index is 2.75. The van der Waals surface area contributed by atoms with Crippen molar-refractivity contribution in [1.29, 1.82) is 0 Å². The molecule has 0 atom stereocenters. The second-order valence-corrected chi connectivity index (χ2v) is 5.74. The molecule has 5 heteroatoms. The number of carbonyl (C=O) groups excluding carboxylic acids is 1. The number of hydrogen-bond donors (Lipinski definition) is 0. The predicted octanol–water partition coefficient (Wildman–Crippen LogP) is 1.37. The molecule has 0 heterocycles. The van der Waals surface area contributed by atoms with Crippen LogP contribution in [0.15, 0.2) is 29.2 Å². The average molecular weight is 256 g/mol. The molecule has 0 amide bonds. The lowest BCUT2D eigenvalue weighted by atomic mass is 10.2. The number of rotatable bonds is 6. The van der Waals surface area contributed by atoms with Gasteiger partial charge in [-0.15, -0.1) is 0 Å². The molecule has 0 aliphatic carbocycles. The number of carbonyl (C=O) groups is 1. The van der Waals surface area contributed by atoms with Crippen LogP contribution in [0.4, 0.5) is 0 Å². The van der Waals surface area contributed by atoms with E-state index in [9.17, 15) is 13.2 Å². The van der Waals surface area contributed by atoms with Crippen LogP contribution in [0.5, 0.6) is 0 Å². The number of ether oxygens (including phenoxy) is 1. The lowest BCUT2D eigenvalue weighted by Gasteiger charge is -2.04. The molecule has 0 saturated heterocycles. The van der Waals surface area contributed by atoms with Crippen LogP contribution in [0.1, 0.15) is 12.5 Å². The molecule has 1 rings (SSSR count). The van der Waals surface area contributed by atoms with Gasteiger partial charge in [0.25, 0.3) is 0 Å². The van der Waals surface area contributed by atoms with Crippen molar-refractivity contribution in [3.63, 3.8) is 0 Å². The third-order valence-electron chi connectivity index (χ3n) is 2.20. The van der Waals surface area contributed by atoms with Gasteiger partial charge in [-0.2, -0.15) is 0 Å². The molecule has 0 radical (unpaired) electrons. The standard InChI is InChI=1S/C12H16O4S/c1-3-16-8-11(13)9-17(14,15)12-6-4-10(2)5-7-12/h4-7H,3,8-9H2,1-2H3. The van der Waals surface area contributed by atoms with Gasteiger partial charge in [0.15, 0.2) is 15.6 Å². The molecule has 0 N–H and O–H groups in total. The number of ketones is 1. The first-order chi connectivity index (χ1) is 7.95. The summed E-state index contributed by atoms with van der Waals surface area (Å²) in [6.07, 6.45) is 0. The molecule has 17 heavy (non-hydrogen) atoms. The molecule has 0 unspecified atom stereocenters. The topological polar surface area (TPSA) is 60.4 Å². The lowest BCUT2D eigenvalue weighted by Crippen LogP contribution is -2.20. The summed E-state index contributed by atoms with van der Waals surface area (Å²) in [6.45, 7) is 3.87. The average Bonchev–Trinajstić information content (AvgIpc) is 2.26. The van der Waals surface area contributed by atoms with Crippen molar-refractivity contribution in [2.75, 3.05) is 19.0 Å². The van der Waals surface area contributed by atoms with Crippen LogP contribution in [0.2, 0.25) is 0 Å². The zero-order valence-electron chi connectivity index (χ0n) is 9.97. The normalized spacial score (nSPS) is 11.4. The van der Waals surface area contributed by atoms with Gasteiger partial charge >= 0.3 is 0 Å². The van der Waals surface area contributed by atoms with Gasteiger partial charge in [0.05, 0.1) is 4.90 Å². The van der Waals surface area contributed by atoms with Gasteiger partial charge in [-0.3, -0.25) is 4.79 Å². The fraction of sp³-hybridized carbons (Fsp3) is 0.417. The Morgan fingerprint density at radius 3 is 2.35 bits per heavy atom. The first kappa shape index (κ1) is 13.9. The maximum absolute atomic E-state index is 11.8. The highest BCUT2D eigenvalue weighted by Gasteiger charge is 2.18. The highest BCUT2D eigenvalue weighted by atomic mass is 32.2. The molecule has 0 aliphatic rings. The molecule has 94 valence electrons. The minimum atomic E-state index is -3.54. The van der Waals surface area contributed by atoms with Crippen molar-refractivity contribution >= 4 is 15.6 Å². The summed E-state index contributed by atoms with van der Waals surface area (Å²) < 4.78 is 28.6. The number of sulfone groups is 1. The van der Waals surface area contributed by atoms with Crippen LogP contribution in [-0.2, 0) is 19.4 Å². The van der Waals surface area contributed by atoms with Crippen LogP contribution >= 0.6 is 0 Å². The van der Waals surface area contributed by atoms with E-state index in [0.29, 0.717) is 6.61 Å². The van der Waals surface area contributed by atoms with Crippen molar-refractivity contribution in [3.8, 4) is 0 Å². The molecule has 0 saturated carbocycles. The Morgan fingerprint density at radius 1 is 1.24 bits per heavy atom. The van der Waals surface area contributed by atoms with Gasteiger partial charge in [-0.25, -0.2) is 8.42 Å². The molecule has 4 nitrogen and oxygen atoms in total. The number of Topliss-reactive ketones (excluding diaryl/α,β-unsaturated/α-hetero) is 1. The van der Waals surface area contributed by atoms with E-state index in [1.165, 1.54) is 12.1 Å². The Bertz CT molecular complexity index is 474. The van der Waals surface area contributed by atoms with E-state index in [0.717, 1.165) is 5.56 Å². The van der Waals surface area contributed by atoms with Gasteiger partial charge in [0, 0.05) is 6.61 Å². The number of aryl methyl sites for hydroxylation is 1. The van der Waals surface area contributed by atoms with Gasteiger partial charge in [-0.05, 0) is 26.0 Å². The lowest BCUT2D eigenvalue weighted by molar-refractivity contribution is -0.120. The van der Waals surface area contributed by atoms with E-state index in [1.807, 2.05) is 6.92 Å². The first-order valence-corrected chi connectivity index (χ1v) is 7.00. The molecular formula is C12H16O4S. The largest absolute Gasteiger partial charge is 0.374 e. The minimum absolute atomic E-state index is 0.151. The van der Waals surface area contributed by atoms with Gasteiger partial charge < -0.3 is 4.74 Å². The summed E-state index contributed by atoms with van der Waals surface area (Å²) in [7, 11) is -3.54. The summed E-state index contributed by atoms with van der Waals surface area (Å²) in [5.74, 6) is -0.928. The highest BCUT2D eigenvalue weighted by molar-refractivity contribution is 7.92. The van der Waals surface area contributed by atoms with E-state index in [-0.39, 0.29) is 11.5 Å². The van der Waals surface area contributed by atoms with Gasteiger partial charge in [0.2, 0.25) is 0 Å². The van der Waals surface area contributed by atoms with E-state index in [2.05, 4.69) is 0 Å². The second kappa shape index (κ2) is 5.93. The zero-order valence-corrected chi connectivity index (χ0v) is 10.8. The molecule has 1 aromatic rings. The van der Waals surface area contributed by atoms with E-state index in [1.54, 1.807) is 19.1 Å². The molecule has 0 aromatic heterocycles. The highest BCUT2D eigenvalue weighted by Crippen LogP contribution is 2.12. The van der Waals surface area contributed by atoms with Crippen LogP contribution in [0, 0.1) is 6.92 Å². The molecular weight excluding hydrogens is 240 g/mol. The monoisotopic (exact) mass is 256 g/mol. The molecule has 0 spiro atoms. The third kappa shape index (κ3) is 4.28. The van der Waals surface area contributed by atoms with Gasteiger partial charge in [-0.1, -0.05) is 17.7 Å². The van der Waals surface area contributed by atoms with Crippen molar-refractivity contribution < 1.29 is 17.9 Å². The van der Waals surface area contributed by atoms with Crippen molar-refractivity contribution in [3.05, 3.63) is 29.8 Å². The van der Waals surface area contributed by atoms with Gasteiger partial charge in [0.1, 0.15) is 12.4 Å². The van der Waals surface area contributed by atoms with Crippen LogP contribution < -0.4 is 0 Å². The second-order valence-electron chi connectivity index (χ2n) is 3.75. The quantitative estimate of drug-likeness (QED) is 0.771. The van der Waals surface area contributed by atoms with Crippen LogP contribution in [-0.4, -0.2) is 33.2 Å². The molecule has 0 bridgehead atoms. The van der Waals surface area contributed by atoms with E-state index in [4.69, 9.17) is 4.74 Å². The maximum Gasteiger partial charge on any atom is 0.185 e.